The van der Waals surface area contributed by atoms with Gasteiger partial charge in [-0.2, -0.15) is 5.26 Å². The predicted octanol–water partition coefficient (Wildman–Crippen LogP) is 1.16. The molecule has 17 heavy (non-hydrogen) atoms. The van der Waals surface area contributed by atoms with E-state index in [1.807, 2.05) is 6.07 Å². The van der Waals surface area contributed by atoms with Gasteiger partial charge in [-0.3, -0.25) is 4.79 Å². The fraction of sp³-hybridized carbons (Fsp3) is 0.385. The second-order valence-electron chi connectivity index (χ2n) is 4.17. The largest absolute Gasteiger partial charge is 0.394 e. The number of aliphatic hydroxyl groups is 1. The lowest BCUT2D eigenvalue weighted by Crippen LogP contribution is -2.37. The van der Waals surface area contributed by atoms with E-state index in [0.717, 1.165) is 12.8 Å². The normalized spacial score (nSPS) is 19.1. The smallest absolute Gasteiger partial charge is 0.254 e. The van der Waals surface area contributed by atoms with Crippen molar-refractivity contribution in [1.29, 1.82) is 5.26 Å². The molecule has 2 rings (SSSR count). The van der Waals surface area contributed by atoms with Crippen molar-refractivity contribution in [3.8, 4) is 6.07 Å². The van der Waals surface area contributed by atoms with Gasteiger partial charge in [0.15, 0.2) is 0 Å². The average molecular weight is 230 g/mol. The topological polar surface area (TPSA) is 64.3 Å². The predicted molar refractivity (Wildman–Crippen MR) is 62.3 cm³/mol. The van der Waals surface area contributed by atoms with Gasteiger partial charge in [-0.15, -0.1) is 0 Å². The first kappa shape index (κ1) is 11.6. The fourth-order valence-electron chi connectivity index (χ4n) is 2.15. The molecular formula is C13H14N2O2. The van der Waals surface area contributed by atoms with E-state index in [1.54, 1.807) is 29.2 Å². The molecule has 1 amide bonds. The van der Waals surface area contributed by atoms with Gasteiger partial charge in [0, 0.05) is 12.1 Å². The molecule has 0 aliphatic carbocycles. The lowest BCUT2D eigenvalue weighted by atomic mass is 10.1. The molecule has 88 valence electrons. The van der Waals surface area contributed by atoms with E-state index in [9.17, 15) is 9.90 Å². The summed E-state index contributed by atoms with van der Waals surface area (Å²) in [6.07, 6.45) is 1.80. The van der Waals surface area contributed by atoms with E-state index in [0.29, 0.717) is 17.7 Å². The molecule has 1 aliphatic rings. The van der Waals surface area contributed by atoms with Crippen LogP contribution in [0.5, 0.6) is 0 Å². The third kappa shape index (κ3) is 2.29. The van der Waals surface area contributed by atoms with Crippen molar-refractivity contribution in [1.82, 2.24) is 4.90 Å². The van der Waals surface area contributed by atoms with Gasteiger partial charge >= 0.3 is 0 Å². The Morgan fingerprint density at radius 1 is 1.47 bits per heavy atom. The zero-order valence-corrected chi connectivity index (χ0v) is 9.47. The summed E-state index contributed by atoms with van der Waals surface area (Å²) in [4.78, 5) is 13.9. The first-order chi connectivity index (χ1) is 8.26. The van der Waals surface area contributed by atoms with E-state index >= 15 is 0 Å². The Morgan fingerprint density at radius 3 is 2.76 bits per heavy atom. The van der Waals surface area contributed by atoms with Gasteiger partial charge in [0.1, 0.15) is 0 Å². The molecule has 1 unspecified atom stereocenters. The molecule has 0 saturated carbocycles. The average Bonchev–Trinajstić information content (AvgIpc) is 2.86. The van der Waals surface area contributed by atoms with E-state index in [-0.39, 0.29) is 18.6 Å². The number of hydrogen-bond donors (Lipinski definition) is 1. The molecule has 4 heteroatoms. The van der Waals surface area contributed by atoms with Gasteiger partial charge in [-0.05, 0) is 37.1 Å². The van der Waals surface area contributed by atoms with E-state index in [1.165, 1.54) is 0 Å². The van der Waals surface area contributed by atoms with Gasteiger partial charge in [0.05, 0.1) is 24.3 Å². The van der Waals surface area contributed by atoms with Crippen molar-refractivity contribution in [2.45, 2.75) is 18.9 Å². The monoisotopic (exact) mass is 230 g/mol. The number of nitriles is 1. The highest BCUT2D eigenvalue weighted by Crippen LogP contribution is 2.19. The summed E-state index contributed by atoms with van der Waals surface area (Å²) >= 11 is 0. The summed E-state index contributed by atoms with van der Waals surface area (Å²) in [6, 6.07) is 8.55. The highest BCUT2D eigenvalue weighted by atomic mass is 16.3. The van der Waals surface area contributed by atoms with Gasteiger partial charge < -0.3 is 10.0 Å². The summed E-state index contributed by atoms with van der Waals surface area (Å²) < 4.78 is 0. The third-order valence-corrected chi connectivity index (χ3v) is 3.11. The first-order valence-electron chi connectivity index (χ1n) is 5.68. The molecule has 1 fully saturated rings. The highest BCUT2D eigenvalue weighted by Gasteiger charge is 2.28. The second kappa shape index (κ2) is 4.98. The van der Waals surface area contributed by atoms with Crippen LogP contribution in [-0.4, -0.2) is 35.1 Å². The van der Waals surface area contributed by atoms with Crippen LogP contribution in [0, 0.1) is 11.3 Å². The maximum Gasteiger partial charge on any atom is 0.254 e. The van der Waals surface area contributed by atoms with Crippen LogP contribution in [0.2, 0.25) is 0 Å². The minimum absolute atomic E-state index is 0.0159. The molecule has 0 bridgehead atoms. The lowest BCUT2D eigenvalue weighted by molar-refractivity contribution is 0.0677. The summed E-state index contributed by atoms with van der Waals surface area (Å²) in [5.41, 5.74) is 1.12. The summed E-state index contributed by atoms with van der Waals surface area (Å²) in [7, 11) is 0. The van der Waals surface area contributed by atoms with Crippen LogP contribution in [0.4, 0.5) is 0 Å². The van der Waals surface area contributed by atoms with Gasteiger partial charge in [0.2, 0.25) is 0 Å². The lowest BCUT2D eigenvalue weighted by Gasteiger charge is -2.23. The number of nitrogens with zero attached hydrogens (tertiary/aromatic N) is 2. The van der Waals surface area contributed by atoms with Crippen LogP contribution in [0.25, 0.3) is 0 Å². The highest BCUT2D eigenvalue weighted by molar-refractivity contribution is 5.94. The molecule has 0 radical (unpaired) electrons. The second-order valence-corrected chi connectivity index (χ2v) is 4.17. The molecule has 1 atom stereocenters. The van der Waals surface area contributed by atoms with Crippen LogP contribution in [-0.2, 0) is 0 Å². The van der Waals surface area contributed by atoms with Crippen molar-refractivity contribution in [2.75, 3.05) is 13.2 Å². The van der Waals surface area contributed by atoms with Crippen molar-refractivity contribution in [2.24, 2.45) is 0 Å². The third-order valence-electron chi connectivity index (χ3n) is 3.11. The molecule has 1 saturated heterocycles. The van der Waals surface area contributed by atoms with Gasteiger partial charge in [-0.1, -0.05) is 0 Å². The number of amides is 1. The number of rotatable bonds is 2. The van der Waals surface area contributed by atoms with E-state index in [2.05, 4.69) is 0 Å². The minimum atomic E-state index is -0.0639. The Labute approximate surface area is 100 Å². The molecule has 1 heterocycles. The maximum atomic E-state index is 12.1. The van der Waals surface area contributed by atoms with Crippen LogP contribution in [0.1, 0.15) is 28.8 Å². The quantitative estimate of drug-likeness (QED) is 0.829. The minimum Gasteiger partial charge on any atom is -0.394 e. The zero-order valence-electron chi connectivity index (χ0n) is 9.47. The number of aliphatic hydroxyl groups excluding tert-OH is 1. The Kier molecular flexibility index (Phi) is 3.40. The number of benzene rings is 1. The molecule has 0 spiro atoms. The molecule has 1 N–H and O–H groups in total. The van der Waals surface area contributed by atoms with Crippen LogP contribution in [0.15, 0.2) is 24.3 Å². The molecular weight excluding hydrogens is 216 g/mol. The van der Waals surface area contributed by atoms with Crippen molar-refractivity contribution >= 4 is 5.91 Å². The van der Waals surface area contributed by atoms with Crippen LogP contribution < -0.4 is 0 Å². The molecule has 1 aliphatic heterocycles. The number of hydrogen-bond acceptors (Lipinski definition) is 3. The Balaban J connectivity index is 2.16. The van der Waals surface area contributed by atoms with Crippen LogP contribution in [0.3, 0.4) is 0 Å². The molecule has 1 aromatic carbocycles. The molecule has 1 aromatic rings. The van der Waals surface area contributed by atoms with Crippen molar-refractivity contribution < 1.29 is 9.90 Å². The Bertz CT molecular complexity index is 447. The van der Waals surface area contributed by atoms with Gasteiger partial charge in [-0.25, -0.2) is 0 Å². The van der Waals surface area contributed by atoms with Crippen molar-refractivity contribution in [3.05, 3.63) is 35.4 Å². The maximum absolute atomic E-state index is 12.1. The fourth-order valence-corrected chi connectivity index (χ4v) is 2.15. The first-order valence-corrected chi connectivity index (χ1v) is 5.68. The molecule has 4 nitrogen and oxygen atoms in total. The zero-order chi connectivity index (χ0) is 12.3. The molecule has 0 aromatic heterocycles. The standard InChI is InChI=1S/C13H14N2O2/c14-8-10-3-5-11(6-4-10)13(17)15-7-1-2-12(15)9-16/h3-6,12,16H,1-2,7,9H2. The number of carbonyl (C=O) groups excluding carboxylic acids is 1. The summed E-state index contributed by atoms with van der Waals surface area (Å²) in [5, 5.41) is 17.9. The summed E-state index contributed by atoms with van der Waals surface area (Å²) in [5.74, 6) is -0.0639. The van der Waals surface area contributed by atoms with E-state index < -0.39 is 0 Å². The number of likely N-dealkylation sites (tertiary alicyclic amines) is 1. The van der Waals surface area contributed by atoms with Crippen molar-refractivity contribution in [3.63, 3.8) is 0 Å². The van der Waals surface area contributed by atoms with Crippen LogP contribution >= 0.6 is 0 Å². The Hall–Kier alpha value is -1.86. The Morgan fingerprint density at radius 2 is 2.18 bits per heavy atom. The SMILES string of the molecule is N#Cc1ccc(C(=O)N2CCCC2CO)cc1. The van der Waals surface area contributed by atoms with E-state index in [4.69, 9.17) is 5.26 Å². The number of carbonyl (C=O) groups is 1. The van der Waals surface area contributed by atoms with Gasteiger partial charge in [0.25, 0.3) is 5.91 Å². The summed E-state index contributed by atoms with van der Waals surface area (Å²) in [6.45, 7) is 0.714.